The van der Waals surface area contributed by atoms with Crippen LogP contribution in [0.4, 0.5) is 0 Å². The first-order valence-electron chi connectivity index (χ1n) is 5.34. The second-order valence-corrected chi connectivity index (χ2v) is 4.21. The summed E-state index contributed by atoms with van der Waals surface area (Å²) in [6, 6.07) is 5.59. The van der Waals surface area contributed by atoms with Crippen LogP contribution in [0.1, 0.15) is 24.0 Å². The van der Waals surface area contributed by atoms with Crippen LogP contribution >= 0.6 is 0 Å². The molecule has 1 aliphatic rings. The highest BCUT2D eigenvalue weighted by Gasteiger charge is 2.38. The van der Waals surface area contributed by atoms with Gasteiger partial charge in [0.25, 0.3) is 0 Å². The average molecular weight is 220 g/mol. The predicted octanol–water partition coefficient (Wildman–Crippen LogP) is 0.671. The van der Waals surface area contributed by atoms with Gasteiger partial charge in [-0.15, -0.1) is 0 Å². The Hall–Kier alpha value is -1.55. The van der Waals surface area contributed by atoms with Gasteiger partial charge in [-0.25, -0.2) is 0 Å². The summed E-state index contributed by atoms with van der Waals surface area (Å²) in [6.45, 7) is 0. The summed E-state index contributed by atoms with van der Waals surface area (Å²) in [7, 11) is 1.62. The highest BCUT2D eigenvalue weighted by atomic mass is 16.5. The molecule has 0 aromatic heterocycles. The van der Waals surface area contributed by atoms with Crippen molar-refractivity contribution in [3.8, 4) is 5.75 Å². The number of rotatable bonds is 2. The van der Waals surface area contributed by atoms with E-state index in [0.717, 1.165) is 29.7 Å². The van der Waals surface area contributed by atoms with E-state index in [9.17, 15) is 4.79 Å². The van der Waals surface area contributed by atoms with Gasteiger partial charge < -0.3 is 16.2 Å². The predicted molar refractivity (Wildman–Crippen MR) is 61.0 cm³/mol. The maximum atomic E-state index is 11.5. The number of methoxy groups -OCH3 is 1. The van der Waals surface area contributed by atoms with Crippen LogP contribution in [-0.4, -0.2) is 13.0 Å². The first-order valence-corrected chi connectivity index (χ1v) is 5.34. The third-order valence-corrected chi connectivity index (χ3v) is 3.25. The molecule has 0 saturated heterocycles. The van der Waals surface area contributed by atoms with Crippen molar-refractivity contribution in [3.63, 3.8) is 0 Å². The molecule has 0 saturated carbocycles. The fourth-order valence-corrected chi connectivity index (χ4v) is 2.29. The Labute approximate surface area is 94.6 Å². The Morgan fingerprint density at radius 2 is 2.25 bits per heavy atom. The number of amides is 1. The van der Waals surface area contributed by atoms with Gasteiger partial charge >= 0.3 is 0 Å². The number of carbonyl (C=O) groups is 1. The van der Waals surface area contributed by atoms with Gasteiger partial charge in [-0.05, 0) is 42.5 Å². The summed E-state index contributed by atoms with van der Waals surface area (Å²) in [6.07, 6.45) is 2.40. The molecule has 1 aromatic carbocycles. The van der Waals surface area contributed by atoms with Gasteiger partial charge in [-0.1, -0.05) is 6.07 Å². The Kier molecular flexibility index (Phi) is 2.59. The first-order chi connectivity index (χ1) is 7.58. The van der Waals surface area contributed by atoms with Crippen LogP contribution in [0.15, 0.2) is 18.2 Å². The Morgan fingerprint density at radius 1 is 1.50 bits per heavy atom. The molecule has 4 N–H and O–H groups in total. The van der Waals surface area contributed by atoms with Crippen molar-refractivity contribution in [1.82, 2.24) is 0 Å². The molecule has 16 heavy (non-hydrogen) atoms. The van der Waals surface area contributed by atoms with Gasteiger partial charge in [0.2, 0.25) is 5.91 Å². The number of fused-ring (bicyclic) bond motifs is 1. The Morgan fingerprint density at radius 3 is 2.88 bits per heavy atom. The zero-order valence-electron chi connectivity index (χ0n) is 9.32. The largest absolute Gasteiger partial charge is 0.497 e. The number of ether oxygens (including phenoxy) is 1. The second kappa shape index (κ2) is 3.79. The standard InChI is InChI=1S/C12H16N2O2/c1-16-9-4-5-10-8(7-9)3-2-6-12(10,14)11(13)15/h4-5,7H,2-3,6,14H2,1H3,(H2,13,15)/t12-/m1/s1. The zero-order valence-corrected chi connectivity index (χ0v) is 9.32. The van der Waals surface area contributed by atoms with E-state index in [2.05, 4.69) is 0 Å². The van der Waals surface area contributed by atoms with Gasteiger partial charge in [0.1, 0.15) is 11.3 Å². The maximum Gasteiger partial charge on any atom is 0.242 e. The van der Waals surface area contributed by atoms with E-state index in [1.807, 2.05) is 18.2 Å². The van der Waals surface area contributed by atoms with Gasteiger partial charge in [-0.2, -0.15) is 0 Å². The van der Waals surface area contributed by atoms with E-state index < -0.39 is 11.4 Å². The van der Waals surface area contributed by atoms with E-state index in [-0.39, 0.29) is 0 Å². The molecule has 1 aliphatic carbocycles. The second-order valence-electron chi connectivity index (χ2n) is 4.21. The molecule has 1 atom stereocenters. The van der Waals surface area contributed by atoms with Crippen molar-refractivity contribution in [1.29, 1.82) is 0 Å². The fraction of sp³-hybridized carbons (Fsp3) is 0.417. The molecule has 0 radical (unpaired) electrons. The van der Waals surface area contributed by atoms with E-state index in [4.69, 9.17) is 16.2 Å². The number of primary amides is 1. The number of carbonyl (C=O) groups excluding carboxylic acids is 1. The molecule has 0 bridgehead atoms. The normalized spacial score (nSPS) is 23.6. The molecule has 0 fully saturated rings. The number of nitrogens with two attached hydrogens (primary N) is 2. The van der Waals surface area contributed by atoms with Crippen LogP contribution in [0.25, 0.3) is 0 Å². The first kappa shape index (κ1) is 11.0. The molecule has 86 valence electrons. The zero-order chi connectivity index (χ0) is 11.8. The van der Waals surface area contributed by atoms with Crippen molar-refractivity contribution in [2.24, 2.45) is 11.5 Å². The quantitative estimate of drug-likeness (QED) is 0.769. The van der Waals surface area contributed by atoms with Crippen LogP contribution in [0, 0.1) is 0 Å². The van der Waals surface area contributed by atoms with Crippen molar-refractivity contribution in [3.05, 3.63) is 29.3 Å². The Balaban J connectivity index is 2.51. The molecular weight excluding hydrogens is 204 g/mol. The minimum Gasteiger partial charge on any atom is -0.497 e. The summed E-state index contributed by atoms with van der Waals surface area (Å²) >= 11 is 0. The highest BCUT2D eigenvalue weighted by Crippen LogP contribution is 2.34. The maximum absolute atomic E-state index is 11.5. The summed E-state index contributed by atoms with van der Waals surface area (Å²) in [5, 5.41) is 0. The lowest BCUT2D eigenvalue weighted by Crippen LogP contribution is -2.51. The monoisotopic (exact) mass is 220 g/mol. The third-order valence-electron chi connectivity index (χ3n) is 3.25. The van der Waals surface area contributed by atoms with Crippen molar-refractivity contribution in [2.45, 2.75) is 24.8 Å². The molecule has 2 rings (SSSR count). The highest BCUT2D eigenvalue weighted by molar-refractivity contribution is 5.86. The summed E-state index contributed by atoms with van der Waals surface area (Å²) in [5.74, 6) is 0.325. The third kappa shape index (κ3) is 1.55. The molecular formula is C12H16N2O2. The van der Waals surface area contributed by atoms with Crippen molar-refractivity contribution >= 4 is 5.91 Å². The lowest BCUT2D eigenvalue weighted by Gasteiger charge is -2.33. The van der Waals surface area contributed by atoms with Gasteiger partial charge in [-0.3, -0.25) is 4.79 Å². The lowest BCUT2D eigenvalue weighted by atomic mass is 9.76. The van der Waals surface area contributed by atoms with E-state index >= 15 is 0 Å². The van der Waals surface area contributed by atoms with Gasteiger partial charge in [0, 0.05) is 0 Å². The summed E-state index contributed by atoms with van der Waals surface area (Å²) in [4.78, 5) is 11.5. The van der Waals surface area contributed by atoms with Crippen LogP contribution in [0.2, 0.25) is 0 Å². The number of hydrogen-bond donors (Lipinski definition) is 2. The van der Waals surface area contributed by atoms with Crippen LogP contribution in [-0.2, 0) is 16.8 Å². The molecule has 4 heteroatoms. The van der Waals surface area contributed by atoms with Crippen LogP contribution in [0.3, 0.4) is 0 Å². The van der Waals surface area contributed by atoms with E-state index in [1.54, 1.807) is 7.11 Å². The minimum absolute atomic E-state index is 0.460. The molecule has 1 amide bonds. The summed E-state index contributed by atoms with van der Waals surface area (Å²) in [5.41, 5.74) is 12.4. The molecule has 0 spiro atoms. The topological polar surface area (TPSA) is 78.3 Å². The Bertz CT molecular complexity index is 431. The number of aryl methyl sites for hydroxylation is 1. The van der Waals surface area contributed by atoms with E-state index in [0.29, 0.717) is 6.42 Å². The smallest absolute Gasteiger partial charge is 0.242 e. The minimum atomic E-state index is -1.01. The fourth-order valence-electron chi connectivity index (χ4n) is 2.29. The molecule has 4 nitrogen and oxygen atoms in total. The van der Waals surface area contributed by atoms with E-state index in [1.165, 1.54) is 0 Å². The van der Waals surface area contributed by atoms with Crippen LogP contribution < -0.4 is 16.2 Å². The van der Waals surface area contributed by atoms with Crippen molar-refractivity contribution < 1.29 is 9.53 Å². The number of hydrogen-bond acceptors (Lipinski definition) is 3. The molecule has 0 aliphatic heterocycles. The molecule has 0 unspecified atom stereocenters. The SMILES string of the molecule is COc1ccc2c(c1)CCC[C@]2(N)C(N)=O. The van der Waals surface area contributed by atoms with Gasteiger partial charge in [0.15, 0.2) is 0 Å². The molecule has 0 heterocycles. The summed E-state index contributed by atoms with van der Waals surface area (Å²) < 4.78 is 5.15. The molecule has 1 aromatic rings. The van der Waals surface area contributed by atoms with Crippen LogP contribution in [0.5, 0.6) is 5.75 Å². The van der Waals surface area contributed by atoms with Crippen molar-refractivity contribution in [2.75, 3.05) is 7.11 Å². The average Bonchev–Trinajstić information content (AvgIpc) is 2.28. The lowest BCUT2D eigenvalue weighted by molar-refractivity contribution is -0.123. The number of benzene rings is 1. The van der Waals surface area contributed by atoms with Gasteiger partial charge in [0.05, 0.1) is 7.11 Å².